The predicted molar refractivity (Wildman–Crippen MR) is 283 cm³/mol. The molecule has 1 amide bonds. The number of allylic oxidation sites excluding steroid dienone is 4. The summed E-state index contributed by atoms with van der Waals surface area (Å²) in [6, 6.07) is -0.551. The third-order valence-corrected chi connectivity index (χ3v) is 13.5. The minimum atomic E-state index is -0.673. The van der Waals surface area contributed by atoms with Crippen LogP contribution in [0, 0.1) is 0 Å². The molecule has 0 heterocycles. The van der Waals surface area contributed by atoms with Crippen molar-refractivity contribution in [3.8, 4) is 0 Å². The molecule has 0 aromatic heterocycles. The van der Waals surface area contributed by atoms with E-state index in [-0.39, 0.29) is 18.5 Å². The van der Waals surface area contributed by atoms with Crippen LogP contribution in [0.1, 0.15) is 316 Å². The number of aliphatic hydroxyl groups excluding tert-OH is 2. The monoisotopic (exact) mass is 916 g/mol. The lowest BCUT2D eigenvalue weighted by molar-refractivity contribution is -0.143. The number of ether oxygens (including phenoxy) is 1. The average Bonchev–Trinajstić information content (AvgIpc) is 3.31. The molecule has 0 saturated heterocycles. The molecule has 0 aliphatic heterocycles. The number of nitrogens with one attached hydrogen (secondary N) is 1. The SMILES string of the molecule is CCC/C=C\C/C=C\CCCCCCCC(=O)OCCCCCCCCCCCCCCCCC(=O)NC(CO)C(O)CCCCCCCCCCCCCCCCCCCCCCC. The molecule has 65 heavy (non-hydrogen) atoms. The maximum atomic E-state index is 12.5. The van der Waals surface area contributed by atoms with Gasteiger partial charge in [0.2, 0.25) is 5.91 Å². The maximum Gasteiger partial charge on any atom is 0.305 e. The largest absolute Gasteiger partial charge is 0.466 e. The van der Waals surface area contributed by atoms with Crippen LogP contribution in [0.15, 0.2) is 24.3 Å². The van der Waals surface area contributed by atoms with Crippen molar-refractivity contribution < 1.29 is 24.5 Å². The molecule has 0 aliphatic carbocycles. The lowest BCUT2D eigenvalue weighted by Crippen LogP contribution is -2.45. The Hall–Kier alpha value is -1.66. The Morgan fingerprint density at radius 1 is 0.431 bits per heavy atom. The van der Waals surface area contributed by atoms with Crippen LogP contribution in [0.2, 0.25) is 0 Å². The number of carbonyl (C=O) groups is 2. The zero-order valence-corrected chi connectivity index (χ0v) is 43.7. The summed E-state index contributed by atoms with van der Waals surface area (Å²) < 4.78 is 5.46. The summed E-state index contributed by atoms with van der Waals surface area (Å²) in [4.78, 5) is 24.5. The van der Waals surface area contributed by atoms with Gasteiger partial charge in [-0.2, -0.15) is 0 Å². The smallest absolute Gasteiger partial charge is 0.305 e. The van der Waals surface area contributed by atoms with Crippen molar-refractivity contribution in [2.45, 2.75) is 328 Å². The summed E-state index contributed by atoms with van der Waals surface area (Å²) in [5.41, 5.74) is 0. The first-order chi connectivity index (χ1) is 32.0. The molecule has 0 rings (SSSR count). The van der Waals surface area contributed by atoms with Gasteiger partial charge in [0.05, 0.1) is 25.4 Å². The number of carbonyl (C=O) groups excluding carboxylic acids is 2. The third kappa shape index (κ3) is 51.6. The number of aliphatic hydroxyl groups is 2. The zero-order chi connectivity index (χ0) is 47.2. The first-order valence-electron chi connectivity index (χ1n) is 29.1. The van der Waals surface area contributed by atoms with E-state index in [9.17, 15) is 19.8 Å². The van der Waals surface area contributed by atoms with E-state index in [0.29, 0.717) is 25.9 Å². The van der Waals surface area contributed by atoms with Gasteiger partial charge in [0.25, 0.3) is 0 Å². The maximum absolute atomic E-state index is 12.5. The Labute approximate surface area is 405 Å². The summed E-state index contributed by atoms with van der Waals surface area (Å²) in [7, 11) is 0. The molecule has 2 unspecified atom stereocenters. The van der Waals surface area contributed by atoms with Crippen LogP contribution in [0.3, 0.4) is 0 Å². The lowest BCUT2D eigenvalue weighted by atomic mass is 10.0. The number of hydrogen-bond acceptors (Lipinski definition) is 5. The van der Waals surface area contributed by atoms with Crippen molar-refractivity contribution in [1.82, 2.24) is 5.32 Å². The molecule has 6 heteroatoms. The fourth-order valence-corrected chi connectivity index (χ4v) is 9.03. The molecule has 0 saturated carbocycles. The number of unbranched alkanes of at least 4 members (excludes halogenated alkanes) is 39. The Bertz CT molecular complexity index is 1010. The second-order valence-electron chi connectivity index (χ2n) is 20.0. The van der Waals surface area contributed by atoms with Crippen molar-refractivity contribution in [2.24, 2.45) is 0 Å². The van der Waals surface area contributed by atoms with E-state index in [4.69, 9.17) is 4.74 Å². The second kappa shape index (κ2) is 54.9. The van der Waals surface area contributed by atoms with Crippen LogP contribution in [0.25, 0.3) is 0 Å². The lowest BCUT2D eigenvalue weighted by Gasteiger charge is -2.22. The summed E-state index contributed by atoms with van der Waals surface area (Å²) in [5.74, 6) is -0.0602. The van der Waals surface area contributed by atoms with Gasteiger partial charge in [0.1, 0.15) is 0 Å². The van der Waals surface area contributed by atoms with E-state index in [1.165, 1.54) is 225 Å². The van der Waals surface area contributed by atoms with Crippen molar-refractivity contribution >= 4 is 11.9 Å². The van der Waals surface area contributed by atoms with Gasteiger partial charge in [-0.1, -0.05) is 276 Å². The molecule has 0 bridgehead atoms. The summed E-state index contributed by atoms with van der Waals surface area (Å²) in [5, 5.41) is 23.3. The van der Waals surface area contributed by atoms with Crippen LogP contribution in [-0.2, 0) is 14.3 Å². The zero-order valence-electron chi connectivity index (χ0n) is 43.7. The Balaban J connectivity index is 3.45. The van der Waals surface area contributed by atoms with Gasteiger partial charge in [-0.05, 0) is 51.4 Å². The van der Waals surface area contributed by atoms with E-state index in [1.54, 1.807) is 0 Å². The minimum Gasteiger partial charge on any atom is -0.466 e. The van der Waals surface area contributed by atoms with Gasteiger partial charge in [0.15, 0.2) is 0 Å². The number of rotatable bonds is 54. The van der Waals surface area contributed by atoms with Crippen LogP contribution in [0.5, 0.6) is 0 Å². The first kappa shape index (κ1) is 63.3. The fourth-order valence-electron chi connectivity index (χ4n) is 9.03. The first-order valence-corrected chi connectivity index (χ1v) is 29.1. The molecule has 0 aliphatic rings. The van der Waals surface area contributed by atoms with Crippen molar-refractivity contribution in [3.05, 3.63) is 24.3 Å². The third-order valence-electron chi connectivity index (χ3n) is 13.5. The van der Waals surface area contributed by atoms with E-state index in [1.807, 2.05) is 0 Å². The van der Waals surface area contributed by atoms with E-state index in [0.717, 1.165) is 57.8 Å². The molecule has 0 spiro atoms. The molecular weight excluding hydrogens is 803 g/mol. The number of amides is 1. The van der Waals surface area contributed by atoms with Crippen molar-refractivity contribution in [2.75, 3.05) is 13.2 Å². The minimum absolute atomic E-state index is 0.0169. The summed E-state index contributed by atoms with van der Waals surface area (Å²) >= 11 is 0. The van der Waals surface area contributed by atoms with Gasteiger partial charge < -0.3 is 20.3 Å². The van der Waals surface area contributed by atoms with Gasteiger partial charge in [0, 0.05) is 12.8 Å². The van der Waals surface area contributed by atoms with Crippen molar-refractivity contribution in [1.29, 1.82) is 0 Å². The van der Waals surface area contributed by atoms with Gasteiger partial charge in [-0.15, -0.1) is 0 Å². The van der Waals surface area contributed by atoms with Gasteiger partial charge >= 0.3 is 5.97 Å². The van der Waals surface area contributed by atoms with Gasteiger partial charge in [-0.3, -0.25) is 9.59 Å². The Morgan fingerprint density at radius 3 is 1.23 bits per heavy atom. The van der Waals surface area contributed by atoms with E-state index >= 15 is 0 Å². The molecule has 3 N–H and O–H groups in total. The predicted octanol–water partition coefficient (Wildman–Crippen LogP) is 17.9. The normalized spacial score (nSPS) is 12.7. The highest BCUT2D eigenvalue weighted by Gasteiger charge is 2.20. The standard InChI is InChI=1S/C59H113NO5/c1-3-5-7-9-11-13-15-17-18-19-20-21-22-23-24-28-31-35-39-43-47-51-57(62)56(55-61)60-58(63)52-48-44-40-36-32-29-25-26-30-34-38-42-46-50-54-65-59(64)53-49-45-41-37-33-27-16-14-12-10-8-6-4-2/h8,10,14,16,56-57,61-62H,3-7,9,11-13,15,17-55H2,1-2H3,(H,60,63)/b10-8-,16-14-. The highest BCUT2D eigenvalue weighted by Crippen LogP contribution is 2.18. The topological polar surface area (TPSA) is 95.9 Å². The molecule has 384 valence electrons. The molecule has 0 aromatic rings. The summed E-state index contributed by atoms with van der Waals surface area (Å²) in [6.45, 7) is 4.88. The molecule has 0 aromatic carbocycles. The molecule has 2 atom stereocenters. The van der Waals surface area contributed by atoms with Crippen LogP contribution < -0.4 is 5.32 Å². The van der Waals surface area contributed by atoms with Gasteiger partial charge in [-0.25, -0.2) is 0 Å². The highest BCUT2D eigenvalue weighted by atomic mass is 16.5. The Morgan fingerprint density at radius 2 is 0.800 bits per heavy atom. The molecule has 6 nitrogen and oxygen atoms in total. The summed E-state index contributed by atoms with van der Waals surface area (Å²) in [6.07, 6.45) is 65.9. The molecule has 0 fully saturated rings. The van der Waals surface area contributed by atoms with Crippen molar-refractivity contribution in [3.63, 3.8) is 0 Å². The van der Waals surface area contributed by atoms with Crippen LogP contribution in [0.4, 0.5) is 0 Å². The van der Waals surface area contributed by atoms with Crippen LogP contribution in [-0.4, -0.2) is 47.4 Å². The Kier molecular flexibility index (Phi) is 53.5. The molecule has 0 radical (unpaired) electrons. The number of hydrogen-bond donors (Lipinski definition) is 3. The van der Waals surface area contributed by atoms with Crippen LogP contribution >= 0.6 is 0 Å². The fraction of sp³-hybridized carbons (Fsp3) is 0.898. The highest BCUT2D eigenvalue weighted by molar-refractivity contribution is 5.76. The molecular formula is C59H113NO5. The number of esters is 1. The second-order valence-corrected chi connectivity index (χ2v) is 20.0. The quantitative estimate of drug-likeness (QED) is 0.0321. The van der Waals surface area contributed by atoms with E-state index in [2.05, 4.69) is 43.5 Å². The average molecular weight is 917 g/mol. The van der Waals surface area contributed by atoms with E-state index < -0.39 is 12.1 Å².